The van der Waals surface area contributed by atoms with E-state index in [2.05, 4.69) is 69.3 Å². The Bertz CT molecular complexity index is 1550. The number of aromatic nitrogens is 1. The third-order valence-electron chi connectivity index (χ3n) is 7.83. The molecule has 2 unspecified atom stereocenters. The molecule has 158 valence electrons. The number of furan rings is 1. The first-order valence-corrected chi connectivity index (χ1v) is 11.9. The van der Waals surface area contributed by atoms with Crippen molar-refractivity contribution in [1.29, 1.82) is 0 Å². The van der Waals surface area contributed by atoms with Gasteiger partial charge >= 0.3 is 0 Å². The highest BCUT2D eigenvalue weighted by Crippen LogP contribution is 2.57. The molecule has 0 spiro atoms. The maximum Gasteiger partial charge on any atom is 0.136 e. The topological polar surface area (TPSA) is 26.0 Å². The number of para-hydroxylation sites is 1. The van der Waals surface area contributed by atoms with E-state index in [0.717, 1.165) is 16.7 Å². The van der Waals surface area contributed by atoms with Crippen molar-refractivity contribution in [2.45, 2.75) is 57.3 Å². The number of fused-ring (bicyclic) bond motifs is 10. The summed E-state index contributed by atoms with van der Waals surface area (Å²) >= 11 is 0. The van der Waals surface area contributed by atoms with E-state index in [1.807, 2.05) is 12.1 Å². The van der Waals surface area contributed by atoms with E-state index < -0.39 is 0 Å². The van der Waals surface area contributed by atoms with E-state index in [1.54, 1.807) is 5.56 Å². The third-order valence-corrected chi connectivity index (χ3v) is 7.83. The van der Waals surface area contributed by atoms with E-state index in [4.69, 9.17) is 9.40 Å². The smallest absolute Gasteiger partial charge is 0.136 e. The summed E-state index contributed by atoms with van der Waals surface area (Å²) in [6, 6.07) is 21.9. The third kappa shape index (κ3) is 2.50. The Kier molecular flexibility index (Phi) is 3.59. The van der Waals surface area contributed by atoms with Crippen LogP contribution in [0.4, 0.5) is 0 Å². The van der Waals surface area contributed by atoms with E-state index in [-0.39, 0.29) is 5.41 Å². The number of nitrogens with zero attached hydrogens (tertiary/aromatic N) is 1. The molecule has 5 aromatic rings. The number of pyridine rings is 1. The van der Waals surface area contributed by atoms with Gasteiger partial charge in [-0.3, -0.25) is 0 Å². The Labute approximate surface area is 188 Å². The molecule has 3 aromatic carbocycles. The van der Waals surface area contributed by atoms with Crippen molar-refractivity contribution in [3.05, 3.63) is 77.4 Å². The van der Waals surface area contributed by atoms with E-state index in [9.17, 15) is 0 Å². The zero-order chi connectivity index (χ0) is 21.6. The summed E-state index contributed by atoms with van der Waals surface area (Å²) in [5.74, 6) is 1.33. The van der Waals surface area contributed by atoms with Gasteiger partial charge in [0, 0.05) is 21.7 Å². The highest BCUT2D eigenvalue weighted by Gasteiger charge is 2.40. The first-order valence-electron chi connectivity index (χ1n) is 11.9. The predicted molar refractivity (Wildman–Crippen MR) is 132 cm³/mol. The van der Waals surface area contributed by atoms with Crippen LogP contribution in [0.5, 0.6) is 0 Å². The minimum atomic E-state index is 0.143. The van der Waals surface area contributed by atoms with E-state index in [1.165, 1.54) is 57.8 Å². The van der Waals surface area contributed by atoms with Gasteiger partial charge in [-0.25, -0.2) is 4.98 Å². The van der Waals surface area contributed by atoms with Crippen molar-refractivity contribution >= 4 is 32.8 Å². The number of benzene rings is 3. The van der Waals surface area contributed by atoms with Crippen LogP contribution in [-0.4, -0.2) is 4.98 Å². The van der Waals surface area contributed by atoms with Crippen molar-refractivity contribution in [1.82, 2.24) is 4.98 Å². The fraction of sp³-hybridized carbons (Fsp3) is 0.300. The van der Waals surface area contributed by atoms with Gasteiger partial charge in [0.15, 0.2) is 0 Å². The standard InChI is InChI=1S/C30H27NO/c1-30(2,3)20-11-13-24-23(16-20)27-17-8-9-18(14-17)28(27)29(31-24)19-10-12-22-21-6-4-5-7-25(21)32-26(22)15-19/h4-7,10-13,15-18H,8-9,14H2,1-3H3. The van der Waals surface area contributed by atoms with Crippen LogP contribution in [0.25, 0.3) is 44.1 Å². The van der Waals surface area contributed by atoms with Crippen molar-refractivity contribution in [2.24, 2.45) is 0 Å². The quantitative estimate of drug-likeness (QED) is 0.273. The van der Waals surface area contributed by atoms with Gasteiger partial charge < -0.3 is 4.42 Å². The van der Waals surface area contributed by atoms with Gasteiger partial charge in [0.05, 0.1) is 11.2 Å². The second-order valence-electron chi connectivity index (χ2n) is 10.8. The fourth-order valence-electron chi connectivity index (χ4n) is 6.22. The first kappa shape index (κ1) is 18.4. The van der Waals surface area contributed by atoms with Gasteiger partial charge in [0.2, 0.25) is 0 Å². The van der Waals surface area contributed by atoms with Crippen molar-refractivity contribution < 1.29 is 4.42 Å². The summed E-state index contributed by atoms with van der Waals surface area (Å²) in [5, 5.41) is 3.74. The molecule has 2 heteroatoms. The summed E-state index contributed by atoms with van der Waals surface area (Å²) in [5.41, 5.74) is 10.0. The normalized spacial score (nSPS) is 20.0. The highest BCUT2D eigenvalue weighted by molar-refractivity contribution is 6.06. The van der Waals surface area contributed by atoms with Crippen LogP contribution < -0.4 is 0 Å². The summed E-state index contributed by atoms with van der Waals surface area (Å²) in [4.78, 5) is 5.28. The van der Waals surface area contributed by atoms with Gasteiger partial charge in [-0.15, -0.1) is 0 Å². The molecule has 0 radical (unpaired) electrons. The van der Waals surface area contributed by atoms with Crippen molar-refractivity contribution in [3.8, 4) is 11.3 Å². The lowest BCUT2D eigenvalue weighted by atomic mass is 9.82. The molecule has 7 rings (SSSR count). The van der Waals surface area contributed by atoms with Crippen LogP contribution in [0, 0.1) is 0 Å². The Morgan fingerprint density at radius 3 is 2.41 bits per heavy atom. The molecule has 2 bridgehead atoms. The molecule has 2 nitrogen and oxygen atoms in total. The minimum absolute atomic E-state index is 0.143. The lowest BCUT2D eigenvalue weighted by Crippen LogP contribution is -2.11. The van der Waals surface area contributed by atoms with Crippen LogP contribution in [0.2, 0.25) is 0 Å². The van der Waals surface area contributed by atoms with Gasteiger partial charge in [-0.05, 0) is 83.5 Å². The maximum absolute atomic E-state index is 6.21. The van der Waals surface area contributed by atoms with Gasteiger partial charge in [0.25, 0.3) is 0 Å². The zero-order valence-electron chi connectivity index (χ0n) is 18.9. The Hall–Kier alpha value is -3.13. The second-order valence-corrected chi connectivity index (χ2v) is 10.8. The monoisotopic (exact) mass is 417 g/mol. The summed E-state index contributed by atoms with van der Waals surface area (Å²) in [6.45, 7) is 6.89. The lowest BCUT2D eigenvalue weighted by molar-refractivity contribution is 0.591. The van der Waals surface area contributed by atoms with Crippen molar-refractivity contribution in [2.75, 3.05) is 0 Å². The molecule has 2 atom stereocenters. The number of rotatable bonds is 1. The first-order chi connectivity index (χ1) is 15.5. The molecular weight excluding hydrogens is 390 g/mol. The minimum Gasteiger partial charge on any atom is -0.456 e. The Balaban J connectivity index is 1.50. The highest BCUT2D eigenvalue weighted by atomic mass is 16.3. The Morgan fingerprint density at radius 1 is 0.781 bits per heavy atom. The van der Waals surface area contributed by atoms with Crippen LogP contribution in [0.3, 0.4) is 0 Å². The average Bonchev–Trinajstić information content (AvgIpc) is 3.50. The SMILES string of the molecule is CC(C)(C)c1ccc2nc(-c3ccc4c(c3)oc3ccccc34)c3c(c2c1)C1CCC3C1. The lowest BCUT2D eigenvalue weighted by Gasteiger charge is -2.24. The number of hydrogen-bond donors (Lipinski definition) is 0. The Morgan fingerprint density at radius 2 is 1.56 bits per heavy atom. The largest absolute Gasteiger partial charge is 0.456 e. The van der Waals surface area contributed by atoms with Crippen molar-refractivity contribution in [3.63, 3.8) is 0 Å². The summed E-state index contributed by atoms with van der Waals surface area (Å²) in [7, 11) is 0. The maximum atomic E-state index is 6.21. The average molecular weight is 418 g/mol. The van der Waals surface area contributed by atoms with E-state index in [0.29, 0.717) is 11.8 Å². The van der Waals surface area contributed by atoms with E-state index >= 15 is 0 Å². The molecule has 2 aliphatic carbocycles. The second kappa shape index (κ2) is 6.22. The molecule has 2 aliphatic rings. The molecular formula is C30H27NO. The molecule has 0 amide bonds. The van der Waals surface area contributed by atoms with Gasteiger partial charge in [-0.1, -0.05) is 51.1 Å². The molecule has 0 aliphatic heterocycles. The van der Waals surface area contributed by atoms with Crippen LogP contribution in [-0.2, 0) is 5.41 Å². The fourth-order valence-corrected chi connectivity index (χ4v) is 6.22. The molecule has 32 heavy (non-hydrogen) atoms. The van der Waals surface area contributed by atoms with Crippen LogP contribution in [0.15, 0.2) is 65.1 Å². The summed E-state index contributed by atoms with van der Waals surface area (Å²) < 4.78 is 6.21. The molecule has 1 fully saturated rings. The number of hydrogen-bond acceptors (Lipinski definition) is 2. The van der Waals surface area contributed by atoms with Crippen LogP contribution >= 0.6 is 0 Å². The molecule has 2 aromatic heterocycles. The molecule has 1 saturated carbocycles. The zero-order valence-corrected chi connectivity index (χ0v) is 18.9. The van der Waals surface area contributed by atoms with Gasteiger partial charge in [-0.2, -0.15) is 0 Å². The molecule has 2 heterocycles. The predicted octanol–water partition coefficient (Wildman–Crippen LogP) is 8.46. The van der Waals surface area contributed by atoms with Crippen LogP contribution in [0.1, 0.15) is 68.6 Å². The molecule has 0 saturated heterocycles. The molecule has 0 N–H and O–H groups in total. The summed E-state index contributed by atoms with van der Waals surface area (Å²) in [6.07, 6.45) is 3.90. The van der Waals surface area contributed by atoms with Gasteiger partial charge in [0.1, 0.15) is 11.2 Å².